The van der Waals surface area contributed by atoms with Gasteiger partial charge in [-0.1, -0.05) is 42.3 Å². The third kappa shape index (κ3) is 4.67. The molecule has 0 aliphatic heterocycles. The Labute approximate surface area is 195 Å². The summed E-state index contributed by atoms with van der Waals surface area (Å²) in [7, 11) is 1.56. The molecule has 172 valence electrons. The lowest BCUT2D eigenvalue weighted by Gasteiger charge is -2.13. The van der Waals surface area contributed by atoms with Crippen LogP contribution in [0.5, 0.6) is 0 Å². The number of anilines is 1. The number of carbonyl (C=O) groups is 1. The van der Waals surface area contributed by atoms with Gasteiger partial charge in [-0.2, -0.15) is 0 Å². The maximum absolute atomic E-state index is 13.4. The lowest BCUT2D eigenvalue weighted by Crippen LogP contribution is -2.43. The number of nitrogens with one attached hydrogen (secondary N) is 1. The van der Waals surface area contributed by atoms with E-state index in [1.54, 1.807) is 35.9 Å². The van der Waals surface area contributed by atoms with E-state index in [9.17, 15) is 14.4 Å². The van der Waals surface area contributed by atoms with E-state index in [4.69, 9.17) is 11.2 Å². The second kappa shape index (κ2) is 10.0. The Kier molecular flexibility index (Phi) is 6.71. The van der Waals surface area contributed by atoms with Crippen molar-refractivity contribution < 1.29 is 9.53 Å². The molecule has 0 atom stereocenters. The van der Waals surface area contributed by atoms with Crippen molar-refractivity contribution in [1.29, 1.82) is 0 Å². The molecule has 0 saturated heterocycles. The van der Waals surface area contributed by atoms with Gasteiger partial charge in [0.1, 0.15) is 6.54 Å². The maximum Gasteiger partial charge on any atom is 0.333 e. The van der Waals surface area contributed by atoms with Gasteiger partial charge in [0.2, 0.25) is 5.91 Å². The van der Waals surface area contributed by atoms with Gasteiger partial charge in [0, 0.05) is 24.9 Å². The van der Waals surface area contributed by atoms with E-state index < -0.39 is 23.7 Å². The van der Waals surface area contributed by atoms with Crippen LogP contribution in [0.3, 0.4) is 0 Å². The Balaban J connectivity index is 1.77. The number of terminal acetylenes is 1. The number of ether oxygens (including phenoxy) is 1. The molecule has 0 spiro atoms. The third-order valence-corrected chi connectivity index (χ3v) is 5.32. The number of hydrogen-bond acceptors (Lipinski definition) is 5. The fraction of sp³-hybridized carbons (Fsp3) is 0.200. The van der Waals surface area contributed by atoms with Gasteiger partial charge >= 0.3 is 5.69 Å². The van der Waals surface area contributed by atoms with Crippen molar-refractivity contribution in [2.75, 3.05) is 19.0 Å². The number of benzene rings is 2. The molecule has 0 aliphatic rings. The Hall–Kier alpha value is -4.42. The lowest BCUT2D eigenvalue weighted by molar-refractivity contribution is -0.116. The summed E-state index contributed by atoms with van der Waals surface area (Å²) in [6.07, 6.45) is 6.92. The van der Waals surface area contributed by atoms with E-state index in [1.165, 1.54) is 10.9 Å². The van der Waals surface area contributed by atoms with Crippen molar-refractivity contribution in [2.24, 2.45) is 0 Å². The normalized spacial score (nSPS) is 10.8. The zero-order valence-corrected chi connectivity index (χ0v) is 18.6. The molecule has 2 aromatic heterocycles. The zero-order chi connectivity index (χ0) is 24.1. The van der Waals surface area contributed by atoms with Crippen LogP contribution in [0.25, 0.3) is 11.2 Å². The predicted octanol–water partition coefficient (Wildman–Crippen LogP) is 1.67. The van der Waals surface area contributed by atoms with Crippen molar-refractivity contribution in [3.05, 3.63) is 92.9 Å². The van der Waals surface area contributed by atoms with Crippen LogP contribution in [0.2, 0.25) is 0 Å². The molecular weight excluding hydrogens is 434 g/mol. The van der Waals surface area contributed by atoms with Crippen LogP contribution >= 0.6 is 0 Å². The van der Waals surface area contributed by atoms with Gasteiger partial charge in [-0.25, -0.2) is 14.3 Å². The van der Waals surface area contributed by atoms with E-state index in [0.717, 1.165) is 10.1 Å². The highest BCUT2D eigenvalue weighted by atomic mass is 16.5. The molecule has 9 heteroatoms. The molecule has 0 fully saturated rings. The summed E-state index contributed by atoms with van der Waals surface area (Å²) in [5, 5.41) is 2.69. The van der Waals surface area contributed by atoms with E-state index in [0.29, 0.717) is 24.4 Å². The van der Waals surface area contributed by atoms with E-state index in [-0.39, 0.29) is 17.7 Å². The van der Waals surface area contributed by atoms with Crippen molar-refractivity contribution in [3.63, 3.8) is 0 Å². The number of rotatable bonds is 8. The molecule has 34 heavy (non-hydrogen) atoms. The van der Waals surface area contributed by atoms with Gasteiger partial charge in [-0.05, 0) is 23.8 Å². The number of fused-ring (bicyclic) bond motifs is 1. The van der Waals surface area contributed by atoms with Crippen LogP contribution in [0.1, 0.15) is 11.1 Å². The zero-order valence-electron chi connectivity index (χ0n) is 18.6. The van der Waals surface area contributed by atoms with Crippen LogP contribution in [0.15, 0.2) is 70.5 Å². The first-order valence-corrected chi connectivity index (χ1v) is 10.6. The molecule has 2 aromatic carbocycles. The first-order chi connectivity index (χ1) is 16.5. The van der Waals surface area contributed by atoms with Crippen molar-refractivity contribution in [3.8, 4) is 12.3 Å². The molecule has 9 nitrogen and oxygen atoms in total. The smallest absolute Gasteiger partial charge is 0.333 e. The molecule has 2 heterocycles. The highest BCUT2D eigenvalue weighted by molar-refractivity contribution is 5.90. The number of amides is 1. The van der Waals surface area contributed by atoms with Gasteiger partial charge in [-0.3, -0.25) is 14.2 Å². The van der Waals surface area contributed by atoms with Crippen LogP contribution in [-0.4, -0.2) is 38.3 Å². The van der Waals surface area contributed by atoms with E-state index in [2.05, 4.69) is 16.2 Å². The van der Waals surface area contributed by atoms with Crippen molar-refractivity contribution in [1.82, 2.24) is 18.7 Å². The Morgan fingerprint density at radius 3 is 2.65 bits per heavy atom. The van der Waals surface area contributed by atoms with Gasteiger partial charge in [0.25, 0.3) is 5.56 Å². The van der Waals surface area contributed by atoms with Crippen molar-refractivity contribution in [2.45, 2.75) is 19.6 Å². The Morgan fingerprint density at radius 2 is 1.91 bits per heavy atom. The summed E-state index contributed by atoms with van der Waals surface area (Å²) in [6, 6.07) is 16.1. The van der Waals surface area contributed by atoms with Crippen LogP contribution in [0, 0.1) is 12.3 Å². The fourth-order valence-corrected chi connectivity index (χ4v) is 3.68. The summed E-state index contributed by atoms with van der Waals surface area (Å²) in [6.45, 7) is 0.466. The highest BCUT2D eigenvalue weighted by Gasteiger charge is 2.20. The largest absolute Gasteiger partial charge is 0.383 e. The molecule has 4 aromatic rings. The minimum atomic E-state index is -0.620. The molecule has 1 N–H and O–H groups in total. The van der Waals surface area contributed by atoms with Crippen molar-refractivity contribution >= 4 is 22.8 Å². The monoisotopic (exact) mass is 457 g/mol. The number of carbonyl (C=O) groups excluding carboxylic acids is 1. The molecule has 0 radical (unpaired) electrons. The molecular formula is C25H23N5O4. The summed E-state index contributed by atoms with van der Waals surface area (Å²) in [5.74, 6) is 1.97. The standard InChI is InChI=1S/C25H23N5O4/c1-3-18-10-7-11-20(14-18)27-21(31)16-30-24(32)22-23(26-17-28(22)12-13-34-2)29(25(30)33)15-19-8-5-4-6-9-19/h1,4-11,14,17H,12-13,15-16H2,2H3,(H,27,31). The number of imidazole rings is 1. The van der Waals surface area contributed by atoms with Gasteiger partial charge < -0.3 is 14.6 Å². The molecule has 0 aliphatic carbocycles. The third-order valence-electron chi connectivity index (χ3n) is 5.32. The van der Waals surface area contributed by atoms with E-state index in [1.807, 2.05) is 30.3 Å². The summed E-state index contributed by atoms with van der Waals surface area (Å²) in [5.41, 5.74) is 1.21. The average Bonchev–Trinajstić information content (AvgIpc) is 3.28. The molecule has 0 unspecified atom stereocenters. The first kappa shape index (κ1) is 22.8. The predicted molar refractivity (Wildman–Crippen MR) is 129 cm³/mol. The maximum atomic E-state index is 13.4. The Bertz CT molecular complexity index is 1490. The summed E-state index contributed by atoms with van der Waals surface area (Å²) >= 11 is 0. The topological polar surface area (TPSA) is 100 Å². The van der Waals surface area contributed by atoms with Gasteiger partial charge in [0.05, 0.1) is 19.5 Å². The average molecular weight is 457 g/mol. The minimum absolute atomic E-state index is 0.198. The van der Waals surface area contributed by atoms with Gasteiger partial charge in [-0.15, -0.1) is 6.42 Å². The lowest BCUT2D eigenvalue weighted by atomic mass is 10.2. The van der Waals surface area contributed by atoms with Crippen LogP contribution in [0.4, 0.5) is 5.69 Å². The SMILES string of the molecule is C#Cc1cccc(NC(=O)Cn2c(=O)c3c(ncn3CCOC)n(Cc3ccccc3)c2=O)c1. The molecule has 0 saturated carbocycles. The number of hydrogen-bond donors (Lipinski definition) is 1. The van der Waals surface area contributed by atoms with Gasteiger partial charge in [0.15, 0.2) is 11.2 Å². The number of aromatic nitrogens is 4. The highest BCUT2D eigenvalue weighted by Crippen LogP contribution is 2.11. The second-order valence-corrected chi connectivity index (χ2v) is 7.62. The number of methoxy groups -OCH3 is 1. The quantitative estimate of drug-likeness (QED) is 0.406. The second-order valence-electron chi connectivity index (χ2n) is 7.62. The number of nitrogens with zero attached hydrogens (tertiary/aromatic N) is 4. The van der Waals surface area contributed by atoms with E-state index >= 15 is 0 Å². The molecule has 1 amide bonds. The molecule has 0 bridgehead atoms. The van der Waals surface area contributed by atoms with Crippen LogP contribution < -0.4 is 16.6 Å². The van der Waals surface area contributed by atoms with Crippen LogP contribution in [-0.2, 0) is 29.2 Å². The Morgan fingerprint density at radius 1 is 1.12 bits per heavy atom. The minimum Gasteiger partial charge on any atom is -0.383 e. The first-order valence-electron chi connectivity index (χ1n) is 10.6. The summed E-state index contributed by atoms with van der Waals surface area (Å²) in [4.78, 5) is 43.8. The summed E-state index contributed by atoms with van der Waals surface area (Å²) < 4.78 is 9.09. The molecule has 4 rings (SSSR count). The fourth-order valence-electron chi connectivity index (χ4n) is 3.68.